The van der Waals surface area contributed by atoms with E-state index in [4.69, 9.17) is 9.98 Å². The number of aromatic nitrogens is 1. The highest BCUT2D eigenvalue weighted by Gasteiger charge is 2.27. The molecular formula is C44H37N3S2. The first-order valence-corrected chi connectivity index (χ1v) is 18.9. The molecule has 6 aromatic carbocycles. The molecule has 49 heavy (non-hydrogen) atoms. The van der Waals surface area contributed by atoms with Crippen LogP contribution in [0.4, 0.5) is 0 Å². The maximum Gasteiger partial charge on any atom is 0.0984 e. The van der Waals surface area contributed by atoms with Gasteiger partial charge in [-0.05, 0) is 79.6 Å². The first kappa shape index (κ1) is 30.5. The van der Waals surface area contributed by atoms with Gasteiger partial charge in [0.15, 0.2) is 0 Å². The van der Waals surface area contributed by atoms with Crippen LogP contribution in [0.25, 0.3) is 60.5 Å². The van der Waals surface area contributed by atoms with Crippen LogP contribution in [0.5, 0.6) is 0 Å². The number of thioether (sulfide) groups is 2. The predicted octanol–water partition coefficient (Wildman–Crippen LogP) is 11.8. The largest absolute Gasteiger partial charge is 0.309 e. The Balaban J connectivity index is 1.14. The van der Waals surface area contributed by atoms with Gasteiger partial charge in [0.2, 0.25) is 0 Å². The van der Waals surface area contributed by atoms with Crippen molar-refractivity contribution in [1.82, 2.24) is 4.57 Å². The summed E-state index contributed by atoms with van der Waals surface area (Å²) in [5.41, 5.74) is 10.9. The summed E-state index contributed by atoms with van der Waals surface area (Å²) in [6, 6.07) is 47.0. The maximum absolute atomic E-state index is 4.94. The van der Waals surface area contributed by atoms with Gasteiger partial charge in [0.1, 0.15) is 0 Å². The van der Waals surface area contributed by atoms with E-state index in [0.717, 1.165) is 27.3 Å². The van der Waals surface area contributed by atoms with Crippen molar-refractivity contribution in [2.75, 3.05) is 11.5 Å². The molecule has 0 atom stereocenters. The number of hydrogen-bond acceptors (Lipinski definition) is 4. The molecule has 2 aliphatic heterocycles. The highest BCUT2D eigenvalue weighted by atomic mass is 32.2. The molecule has 240 valence electrons. The predicted molar refractivity (Wildman–Crippen MR) is 215 cm³/mol. The monoisotopic (exact) mass is 671 g/mol. The third-order valence-corrected chi connectivity index (χ3v) is 12.5. The highest BCUT2D eigenvalue weighted by Crippen LogP contribution is 2.40. The molecule has 9 rings (SSSR count). The van der Waals surface area contributed by atoms with Crippen LogP contribution in [0.3, 0.4) is 0 Å². The summed E-state index contributed by atoms with van der Waals surface area (Å²) >= 11 is 3.71. The molecule has 1 aromatic heterocycles. The lowest BCUT2D eigenvalue weighted by atomic mass is 9.98. The van der Waals surface area contributed by atoms with Crippen LogP contribution in [0.1, 0.15) is 38.8 Å². The van der Waals surface area contributed by atoms with Gasteiger partial charge in [0.25, 0.3) is 0 Å². The van der Waals surface area contributed by atoms with Crippen LogP contribution in [-0.4, -0.2) is 37.2 Å². The molecule has 0 saturated heterocycles. The van der Waals surface area contributed by atoms with Gasteiger partial charge < -0.3 is 4.57 Å². The number of rotatable bonds is 5. The minimum Gasteiger partial charge on any atom is -0.309 e. The Morgan fingerprint density at radius 2 is 0.980 bits per heavy atom. The Hall–Kier alpha value is -4.58. The first-order chi connectivity index (χ1) is 23.7. The third-order valence-electron chi connectivity index (χ3n) is 9.62. The number of aliphatic imine (C=N–C) groups is 2. The Morgan fingerprint density at radius 1 is 0.490 bits per heavy atom. The average molecular weight is 672 g/mol. The van der Waals surface area contributed by atoms with Gasteiger partial charge in [0, 0.05) is 44.5 Å². The second-order valence-electron chi connectivity index (χ2n) is 14.5. The van der Waals surface area contributed by atoms with Crippen LogP contribution in [0.15, 0.2) is 137 Å². The van der Waals surface area contributed by atoms with E-state index in [0.29, 0.717) is 0 Å². The molecule has 0 radical (unpaired) electrons. The first-order valence-electron chi connectivity index (χ1n) is 16.9. The lowest BCUT2D eigenvalue weighted by molar-refractivity contribution is 0.605. The zero-order valence-corrected chi connectivity index (χ0v) is 29.8. The van der Waals surface area contributed by atoms with Gasteiger partial charge in [-0.1, -0.05) is 103 Å². The molecule has 0 aliphatic carbocycles. The zero-order valence-electron chi connectivity index (χ0n) is 28.2. The molecule has 2 aliphatic rings. The summed E-state index contributed by atoms with van der Waals surface area (Å²) in [6.07, 6.45) is 0. The molecule has 3 heterocycles. The van der Waals surface area contributed by atoms with Crippen molar-refractivity contribution in [3.05, 3.63) is 139 Å². The smallest absolute Gasteiger partial charge is 0.0984 e. The van der Waals surface area contributed by atoms with Crippen LogP contribution < -0.4 is 0 Å². The number of fused-ring (bicyclic) bond motifs is 5. The minimum atomic E-state index is 0.00771. The van der Waals surface area contributed by atoms with Gasteiger partial charge in [-0.2, -0.15) is 0 Å². The van der Waals surface area contributed by atoms with Crippen LogP contribution >= 0.6 is 23.5 Å². The lowest BCUT2D eigenvalue weighted by Gasteiger charge is -2.12. The second-order valence-corrected chi connectivity index (χ2v) is 16.4. The molecule has 0 N–H and O–H groups in total. The molecule has 0 unspecified atom stereocenters. The fraction of sp³-hybridized carbons (Fsp3) is 0.182. The van der Waals surface area contributed by atoms with Gasteiger partial charge in [-0.25, -0.2) is 0 Å². The highest BCUT2D eigenvalue weighted by molar-refractivity contribution is 8.15. The molecule has 0 spiro atoms. The number of benzene rings is 6. The van der Waals surface area contributed by atoms with Crippen molar-refractivity contribution in [2.45, 2.75) is 38.8 Å². The molecular weight excluding hydrogens is 635 g/mol. The van der Waals surface area contributed by atoms with E-state index in [1.54, 1.807) is 0 Å². The third kappa shape index (κ3) is 5.50. The summed E-state index contributed by atoms with van der Waals surface area (Å²) in [5, 5.41) is 7.30. The van der Waals surface area contributed by atoms with E-state index in [-0.39, 0.29) is 11.1 Å². The van der Waals surface area contributed by atoms with Crippen LogP contribution in [0.2, 0.25) is 0 Å². The Kier molecular flexibility index (Phi) is 7.15. The van der Waals surface area contributed by atoms with Crippen molar-refractivity contribution in [3.63, 3.8) is 0 Å². The van der Waals surface area contributed by atoms with Gasteiger partial charge >= 0.3 is 0 Å². The quantitative estimate of drug-likeness (QED) is 0.182. The van der Waals surface area contributed by atoms with E-state index >= 15 is 0 Å². The molecule has 0 amide bonds. The Labute approximate surface area is 296 Å². The van der Waals surface area contributed by atoms with E-state index in [1.807, 2.05) is 23.5 Å². The fourth-order valence-electron chi connectivity index (χ4n) is 7.12. The Morgan fingerprint density at radius 3 is 1.53 bits per heavy atom. The second kappa shape index (κ2) is 11.5. The molecule has 3 nitrogen and oxygen atoms in total. The molecule has 5 heteroatoms. The summed E-state index contributed by atoms with van der Waals surface area (Å²) in [4.78, 5) is 9.88. The van der Waals surface area contributed by atoms with Crippen molar-refractivity contribution >= 4 is 66.2 Å². The van der Waals surface area contributed by atoms with E-state index < -0.39 is 0 Å². The summed E-state index contributed by atoms with van der Waals surface area (Å²) in [7, 11) is 0. The molecule has 0 bridgehead atoms. The maximum atomic E-state index is 4.94. The lowest BCUT2D eigenvalue weighted by Crippen LogP contribution is -2.15. The van der Waals surface area contributed by atoms with E-state index in [1.165, 1.54) is 66.0 Å². The summed E-state index contributed by atoms with van der Waals surface area (Å²) in [5.74, 6) is 2.06. The summed E-state index contributed by atoms with van der Waals surface area (Å²) in [6.45, 7) is 8.82. The standard InChI is InChI=1S/C44H37N3S2/c1-43(2)26-48-41(45-43)30-14-10-28(11-15-30)32-18-21-36-34(24-32)20-23-38-37-22-19-33(25-39(37)47(40(36)38)35-8-6-5-7-9-35)29-12-16-31(17-13-29)42-46-44(3,4)27-49-42/h5-25H,26-27H2,1-4H3. The molecule has 7 aromatic rings. The molecule has 0 fully saturated rings. The number of para-hydroxylation sites is 1. The van der Waals surface area contributed by atoms with Crippen molar-refractivity contribution in [3.8, 4) is 27.9 Å². The number of hydrogen-bond donors (Lipinski definition) is 0. The topological polar surface area (TPSA) is 29.6 Å². The van der Waals surface area contributed by atoms with Crippen LogP contribution in [-0.2, 0) is 0 Å². The SMILES string of the molecule is CC1(C)CSC(c2ccc(-c3ccc4c(ccc5c6ccc(-c7ccc(C8=NC(C)(C)CS8)cc7)cc6n(-c6ccccc6)c45)c3)cc2)=N1. The van der Waals surface area contributed by atoms with E-state index in [9.17, 15) is 0 Å². The minimum absolute atomic E-state index is 0.00771. The van der Waals surface area contributed by atoms with E-state index in [2.05, 4.69) is 160 Å². The summed E-state index contributed by atoms with van der Waals surface area (Å²) < 4.78 is 2.45. The number of nitrogens with zero attached hydrogens (tertiary/aromatic N) is 3. The van der Waals surface area contributed by atoms with Gasteiger partial charge in [0.05, 0.1) is 32.2 Å². The molecule has 0 saturated carbocycles. The van der Waals surface area contributed by atoms with Gasteiger partial charge in [-0.15, -0.1) is 23.5 Å². The average Bonchev–Trinajstić information content (AvgIpc) is 3.79. The van der Waals surface area contributed by atoms with Crippen molar-refractivity contribution in [2.24, 2.45) is 9.98 Å². The zero-order chi connectivity index (χ0) is 33.3. The van der Waals surface area contributed by atoms with Crippen LogP contribution in [0, 0.1) is 0 Å². The fourth-order valence-corrected chi connectivity index (χ4v) is 9.45. The van der Waals surface area contributed by atoms with Crippen molar-refractivity contribution in [1.29, 1.82) is 0 Å². The van der Waals surface area contributed by atoms with Gasteiger partial charge in [-0.3, -0.25) is 9.98 Å². The van der Waals surface area contributed by atoms with Crippen molar-refractivity contribution < 1.29 is 0 Å². The Bertz CT molecular complexity index is 2470. The normalized spacial score (nSPS) is 16.8.